The fraction of sp³-hybridized carbons (Fsp3) is 0.368. The van der Waals surface area contributed by atoms with E-state index in [2.05, 4.69) is 29.2 Å². The monoisotopic (exact) mass is 362 g/mol. The zero-order chi connectivity index (χ0) is 18.2. The minimum Gasteiger partial charge on any atom is -0.489 e. The summed E-state index contributed by atoms with van der Waals surface area (Å²) >= 11 is 1.71. The molecule has 3 aromatic rings. The van der Waals surface area contributed by atoms with Crippen LogP contribution in [0.2, 0.25) is 0 Å². The molecule has 3 rings (SSSR count). The third kappa shape index (κ3) is 3.63. The van der Waals surface area contributed by atoms with Gasteiger partial charge in [-0.25, -0.2) is 9.97 Å². The minimum absolute atomic E-state index is 0.248. The van der Waals surface area contributed by atoms with Gasteiger partial charge in [0.1, 0.15) is 12.4 Å². The molecule has 0 aliphatic heterocycles. The Morgan fingerprint density at radius 1 is 1.20 bits per heavy atom. The minimum atomic E-state index is -3.04. The van der Waals surface area contributed by atoms with Crippen LogP contribution in [0.3, 0.4) is 0 Å². The number of benzene rings is 1. The summed E-state index contributed by atoms with van der Waals surface area (Å²) in [5.41, 5.74) is 3.74. The molecule has 0 aliphatic rings. The van der Waals surface area contributed by atoms with E-state index in [4.69, 9.17) is 4.74 Å². The number of hydrogen-bond acceptors (Lipinski definition) is 4. The van der Waals surface area contributed by atoms with Crippen LogP contribution < -0.4 is 4.74 Å². The van der Waals surface area contributed by atoms with Crippen LogP contribution in [0, 0.1) is 13.8 Å². The van der Waals surface area contributed by atoms with Crippen molar-refractivity contribution in [2.24, 2.45) is 0 Å². The van der Waals surface area contributed by atoms with E-state index < -0.39 is 11.7 Å². The van der Waals surface area contributed by atoms with Gasteiger partial charge in [0.15, 0.2) is 5.82 Å². The Bertz CT molecular complexity index is 916. The van der Waals surface area contributed by atoms with E-state index in [1.807, 2.05) is 12.1 Å². The van der Waals surface area contributed by atoms with Gasteiger partial charge in [0.05, 0.1) is 0 Å². The van der Waals surface area contributed by atoms with Crippen molar-refractivity contribution >= 4 is 21.4 Å². The molecule has 0 atom stereocenters. The Labute approximate surface area is 149 Å². The molecule has 3 nitrogen and oxygen atoms in total. The van der Waals surface area contributed by atoms with Crippen LogP contribution in [0.25, 0.3) is 10.1 Å². The fourth-order valence-corrected chi connectivity index (χ4v) is 3.92. The van der Waals surface area contributed by atoms with Crippen molar-refractivity contribution in [3.8, 4) is 5.75 Å². The molecule has 2 aromatic heterocycles. The van der Waals surface area contributed by atoms with Crippen LogP contribution in [-0.2, 0) is 19.0 Å². The lowest BCUT2D eigenvalue weighted by molar-refractivity contribution is 0.00739. The fourth-order valence-electron chi connectivity index (χ4n) is 2.77. The molecule has 6 heteroatoms. The van der Waals surface area contributed by atoms with Crippen molar-refractivity contribution in [3.63, 3.8) is 0 Å². The number of alkyl halides is 2. The van der Waals surface area contributed by atoms with Gasteiger partial charge >= 0.3 is 5.92 Å². The molecule has 0 N–H and O–H groups in total. The second-order valence-corrected chi connectivity index (χ2v) is 7.12. The van der Waals surface area contributed by atoms with Gasteiger partial charge in [-0.15, -0.1) is 11.3 Å². The molecule has 132 valence electrons. The third-order valence-electron chi connectivity index (χ3n) is 4.17. The van der Waals surface area contributed by atoms with Crippen LogP contribution in [0.4, 0.5) is 8.78 Å². The Balaban J connectivity index is 1.81. The quantitative estimate of drug-likeness (QED) is 0.596. The van der Waals surface area contributed by atoms with Gasteiger partial charge in [-0.1, -0.05) is 6.92 Å². The number of thiophene rings is 1. The molecule has 0 saturated carbocycles. The molecule has 0 radical (unpaired) electrons. The molecule has 0 bridgehead atoms. The number of halogens is 2. The maximum Gasteiger partial charge on any atom is 0.303 e. The first-order valence-electron chi connectivity index (χ1n) is 8.14. The summed E-state index contributed by atoms with van der Waals surface area (Å²) in [6, 6.07) is 4.04. The molecular formula is C19H20F2N2OS. The van der Waals surface area contributed by atoms with Crippen molar-refractivity contribution in [1.29, 1.82) is 0 Å². The second-order valence-electron chi connectivity index (χ2n) is 6.21. The van der Waals surface area contributed by atoms with E-state index in [0.29, 0.717) is 11.3 Å². The Morgan fingerprint density at radius 2 is 1.96 bits per heavy atom. The molecule has 0 fully saturated rings. The van der Waals surface area contributed by atoms with Gasteiger partial charge in [-0.3, -0.25) is 0 Å². The average molecular weight is 362 g/mol. The summed E-state index contributed by atoms with van der Waals surface area (Å²) in [6.45, 7) is 6.96. The van der Waals surface area contributed by atoms with E-state index in [1.165, 1.54) is 27.4 Å². The number of fused-ring (bicyclic) bond motifs is 1. The highest BCUT2D eigenvalue weighted by Gasteiger charge is 2.28. The predicted molar refractivity (Wildman–Crippen MR) is 96.6 cm³/mol. The summed E-state index contributed by atoms with van der Waals surface area (Å²) in [6.07, 6.45) is 2.42. The third-order valence-corrected chi connectivity index (χ3v) is 5.15. The summed E-state index contributed by atoms with van der Waals surface area (Å²) in [5, 5.41) is 3.48. The zero-order valence-corrected chi connectivity index (χ0v) is 15.5. The normalized spacial score (nSPS) is 11.9. The lowest BCUT2D eigenvalue weighted by Crippen LogP contribution is -2.14. The molecule has 0 unspecified atom stereocenters. The summed E-state index contributed by atoms with van der Waals surface area (Å²) in [4.78, 5) is 7.67. The number of aromatic nitrogens is 2. The van der Waals surface area contributed by atoms with Gasteiger partial charge in [0.2, 0.25) is 0 Å². The summed E-state index contributed by atoms with van der Waals surface area (Å²) in [7, 11) is 0. The number of nitrogens with zero attached hydrogens (tertiary/aromatic N) is 2. The molecule has 0 spiro atoms. The van der Waals surface area contributed by atoms with E-state index in [0.717, 1.165) is 19.1 Å². The predicted octanol–water partition coefficient (Wildman–Crippen LogP) is 5.56. The molecule has 0 saturated heterocycles. The Morgan fingerprint density at radius 3 is 2.60 bits per heavy atom. The molecule has 1 aromatic carbocycles. The first kappa shape index (κ1) is 17.7. The largest absolute Gasteiger partial charge is 0.489 e. The topological polar surface area (TPSA) is 35.0 Å². The number of hydrogen-bond donors (Lipinski definition) is 0. The molecule has 0 aliphatic carbocycles. The van der Waals surface area contributed by atoms with Crippen molar-refractivity contribution in [1.82, 2.24) is 9.97 Å². The Kier molecular flexibility index (Phi) is 4.73. The van der Waals surface area contributed by atoms with Crippen molar-refractivity contribution < 1.29 is 13.5 Å². The van der Waals surface area contributed by atoms with Crippen LogP contribution in [-0.4, -0.2) is 9.97 Å². The average Bonchev–Trinajstić information content (AvgIpc) is 2.96. The summed E-state index contributed by atoms with van der Waals surface area (Å²) in [5.74, 6) is -2.74. The lowest BCUT2D eigenvalue weighted by Gasteiger charge is -2.13. The van der Waals surface area contributed by atoms with Crippen LogP contribution in [0.15, 0.2) is 23.7 Å². The number of rotatable bonds is 5. The summed E-state index contributed by atoms with van der Waals surface area (Å²) < 4.78 is 33.6. The highest BCUT2D eigenvalue weighted by Crippen LogP contribution is 2.33. The molecular weight excluding hydrogens is 342 g/mol. The van der Waals surface area contributed by atoms with Gasteiger partial charge in [-0.05, 0) is 54.3 Å². The van der Waals surface area contributed by atoms with Gasteiger partial charge in [0.25, 0.3) is 0 Å². The van der Waals surface area contributed by atoms with Crippen molar-refractivity contribution in [2.45, 2.75) is 46.6 Å². The first-order valence-corrected chi connectivity index (χ1v) is 9.02. The van der Waals surface area contributed by atoms with E-state index in [1.54, 1.807) is 18.3 Å². The Hall–Kier alpha value is -2.08. The maximum atomic E-state index is 13.3. The maximum absolute atomic E-state index is 13.3. The number of ether oxygens (including phenoxy) is 1. The van der Waals surface area contributed by atoms with Crippen LogP contribution in [0.1, 0.15) is 42.1 Å². The first-order chi connectivity index (χ1) is 11.8. The van der Waals surface area contributed by atoms with Crippen molar-refractivity contribution in [2.75, 3.05) is 0 Å². The van der Waals surface area contributed by atoms with E-state index >= 15 is 0 Å². The smallest absolute Gasteiger partial charge is 0.303 e. The van der Waals surface area contributed by atoms with E-state index in [-0.39, 0.29) is 6.61 Å². The highest BCUT2D eigenvalue weighted by atomic mass is 32.1. The van der Waals surface area contributed by atoms with Gasteiger partial charge < -0.3 is 4.74 Å². The lowest BCUT2D eigenvalue weighted by atomic mass is 10.1. The van der Waals surface area contributed by atoms with Crippen LogP contribution in [0.5, 0.6) is 5.75 Å². The molecule has 2 heterocycles. The zero-order valence-electron chi connectivity index (χ0n) is 14.7. The highest BCUT2D eigenvalue weighted by molar-refractivity contribution is 7.17. The standard InChI is InChI=1S/C19H20F2N2OS/c1-5-13-10-25-16-7-15(6-11(2)17(13)16)24-9-14-8-22-18(19(4,20)21)23-12(14)3/h6-8,10H,5,9H2,1-4H3. The number of aryl methyl sites for hydroxylation is 3. The molecule has 25 heavy (non-hydrogen) atoms. The molecule has 0 amide bonds. The SMILES string of the molecule is CCc1csc2cc(OCc3cnc(C(C)(F)F)nc3C)cc(C)c12. The van der Waals surface area contributed by atoms with Gasteiger partial charge in [-0.2, -0.15) is 8.78 Å². The van der Waals surface area contributed by atoms with E-state index in [9.17, 15) is 8.78 Å². The van der Waals surface area contributed by atoms with Crippen LogP contribution >= 0.6 is 11.3 Å². The van der Waals surface area contributed by atoms with Gasteiger partial charge in [0, 0.05) is 29.1 Å². The second kappa shape index (κ2) is 6.67. The van der Waals surface area contributed by atoms with Crippen molar-refractivity contribution in [3.05, 3.63) is 51.9 Å².